The summed E-state index contributed by atoms with van der Waals surface area (Å²) in [5.41, 5.74) is 1.04. The number of rotatable bonds is 5. The van der Waals surface area contributed by atoms with E-state index in [1.54, 1.807) is 14.2 Å². The molecule has 1 rings (SSSR count). The highest BCUT2D eigenvalue weighted by Gasteiger charge is 2.18. The van der Waals surface area contributed by atoms with Crippen LogP contribution in [0.25, 0.3) is 0 Å². The Labute approximate surface area is 139 Å². The maximum Gasteiger partial charge on any atom is 0.193 e. The molecule has 0 spiro atoms. The highest BCUT2D eigenvalue weighted by atomic mass is 127. The number of nitrogens with one attached hydrogen (secondary N) is 1. The van der Waals surface area contributed by atoms with Crippen molar-refractivity contribution in [3.05, 3.63) is 24.0 Å². The molecule has 0 atom stereocenters. The predicted octanol–water partition coefficient (Wildman–Crippen LogP) is 2.08. The summed E-state index contributed by atoms with van der Waals surface area (Å²) in [5, 5.41) is 3.33. The van der Waals surface area contributed by atoms with Gasteiger partial charge in [-0.2, -0.15) is 0 Å². The maximum absolute atomic E-state index is 5.40. The predicted molar refractivity (Wildman–Crippen MR) is 94.7 cm³/mol. The van der Waals surface area contributed by atoms with Crippen molar-refractivity contribution in [3.63, 3.8) is 0 Å². The molecule has 0 radical (unpaired) electrons. The minimum absolute atomic E-state index is 0. The first kappa shape index (κ1) is 19.2. The molecule has 0 amide bonds. The van der Waals surface area contributed by atoms with Crippen LogP contribution in [-0.4, -0.2) is 48.8 Å². The number of nitrogens with zero attached hydrogens (tertiary/aromatic N) is 3. The highest BCUT2D eigenvalue weighted by molar-refractivity contribution is 14.0. The van der Waals surface area contributed by atoms with Gasteiger partial charge in [0.25, 0.3) is 0 Å². The van der Waals surface area contributed by atoms with E-state index in [-0.39, 0.29) is 29.6 Å². The molecule has 0 fully saturated rings. The second kappa shape index (κ2) is 8.51. The average molecular weight is 394 g/mol. The molecule has 0 aliphatic rings. The Hall–Kier alpha value is -0.760. The van der Waals surface area contributed by atoms with Gasteiger partial charge in [-0.05, 0) is 26.0 Å². The summed E-state index contributed by atoms with van der Waals surface area (Å²) in [5.74, 6) is 0.867. The maximum atomic E-state index is 5.40. The molecular weight excluding hydrogens is 367 g/mol. The van der Waals surface area contributed by atoms with Crippen LogP contribution in [0.5, 0.6) is 0 Å². The lowest BCUT2D eigenvalue weighted by molar-refractivity contribution is 0.0264. The quantitative estimate of drug-likeness (QED) is 0.473. The standard InChI is InChI=1S/C14H26N4O.HI/c1-14(2,19-6)11-16-13(15-3)18(5)10-12-8-7-9-17(12)4;/h7-9H,10-11H2,1-6H3,(H,15,16);1H. The summed E-state index contributed by atoms with van der Waals surface area (Å²) in [6.07, 6.45) is 2.05. The van der Waals surface area contributed by atoms with Crippen molar-refractivity contribution in [1.29, 1.82) is 0 Å². The van der Waals surface area contributed by atoms with Gasteiger partial charge in [0, 0.05) is 46.7 Å². The van der Waals surface area contributed by atoms with Crippen LogP contribution in [0.4, 0.5) is 0 Å². The zero-order valence-electron chi connectivity index (χ0n) is 13.3. The molecule has 20 heavy (non-hydrogen) atoms. The zero-order chi connectivity index (χ0) is 14.5. The fraction of sp³-hybridized carbons (Fsp3) is 0.643. The molecule has 0 aromatic carbocycles. The van der Waals surface area contributed by atoms with Gasteiger partial charge in [0.15, 0.2) is 5.96 Å². The Morgan fingerprint density at radius 3 is 2.60 bits per heavy atom. The molecule has 0 bridgehead atoms. The van der Waals surface area contributed by atoms with Crippen molar-refractivity contribution in [3.8, 4) is 0 Å². The van der Waals surface area contributed by atoms with Gasteiger partial charge in [0.2, 0.25) is 0 Å². The van der Waals surface area contributed by atoms with Crippen molar-refractivity contribution >= 4 is 29.9 Å². The first-order valence-corrected chi connectivity index (χ1v) is 6.47. The summed E-state index contributed by atoms with van der Waals surface area (Å²) in [7, 11) is 7.59. The van der Waals surface area contributed by atoms with E-state index in [0.717, 1.165) is 12.5 Å². The average Bonchev–Trinajstić information content (AvgIpc) is 2.76. The summed E-state index contributed by atoms with van der Waals surface area (Å²) in [6.45, 7) is 5.62. The van der Waals surface area contributed by atoms with Gasteiger partial charge >= 0.3 is 0 Å². The minimum atomic E-state index is -0.207. The van der Waals surface area contributed by atoms with Gasteiger partial charge in [-0.25, -0.2) is 0 Å². The van der Waals surface area contributed by atoms with Gasteiger partial charge in [0.05, 0.1) is 12.1 Å². The summed E-state index contributed by atoms with van der Waals surface area (Å²) < 4.78 is 7.51. The molecule has 1 heterocycles. The van der Waals surface area contributed by atoms with Crippen molar-refractivity contribution in [1.82, 2.24) is 14.8 Å². The minimum Gasteiger partial charge on any atom is -0.377 e. The van der Waals surface area contributed by atoms with Crippen molar-refractivity contribution in [2.45, 2.75) is 26.0 Å². The number of hydrogen-bond donors (Lipinski definition) is 1. The second-order valence-corrected chi connectivity index (χ2v) is 5.33. The fourth-order valence-electron chi connectivity index (χ4n) is 1.73. The van der Waals surface area contributed by atoms with Crippen LogP contribution in [0, 0.1) is 0 Å². The van der Waals surface area contributed by atoms with Gasteiger partial charge in [-0.3, -0.25) is 4.99 Å². The monoisotopic (exact) mass is 394 g/mol. The number of aryl methyl sites for hydroxylation is 1. The molecule has 1 aromatic heterocycles. The third-order valence-electron chi connectivity index (χ3n) is 3.25. The Kier molecular flexibility index (Phi) is 8.19. The first-order chi connectivity index (χ1) is 8.89. The molecule has 0 saturated carbocycles. The van der Waals surface area contributed by atoms with Gasteiger partial charge in [-0.15, -0.1) is 24.0 Å². The molecule has 116 valence electrons. The lowest BCUT2D eigenvalue weighted by atomic mass is 10.1. The number of aliphatic imine (C=N–C) groups is 1. The van der Waals surface area contributed by atoms with E-state index in [9.17, 15) is 0 Å². The Bertz CT molecular complexity index is 429. The van der Waals surface area contributed by atoms with E-state index < -0.39 is 0 Å². The Morgan fingerprint density at radius 1 is 1.50 bits per heavy atom. The number of halogens is 1. The molecule has 0 saturated heterocycles. The normalized spacial score (nSPS) is 12.0. The largest absolute Gasteiger partial charge is 0.377 e. The topological polar surface area (TPSA) is 41.8 Å². The van der Waals surface area contributed by atoms with Crippen LogP contribution in [0.15, 0.2) is 23.3 Å². The van der Waals surface area contributed by atoms with E-state index in [1.165, 1.54) is 5.69 Å². The first-order valence-electron chi connectivity index (χ1n) is 6.47. The Morgan fingerprint density at radius 2 is 2.15 bits per heavy atom. The van der Waals surface area contributed by atoms with Crippen molar-refractivity contribution in [2.24, 2.45) is 12.0 Å². The van der Waals surface area contributed by atoms with Crippen LogP contribution in [0.2, 0.25) is 0 Å². The molecular formula is C14H27IN4O. The zero-order valence-corrected chi connectivity index (χ0v) is 15.6. The molecule has 1 N–H and O–H groups in total. The van der Waals surface area contributed by atoms with Crippen LogP contribution in [0.1, 0.15) is 19.5 Å². The number of aromatic nitrogens is 1. The van der Waals surface area contributed by atoms with E-state index >= 15 is 0 Å². The number of hydrogen-bond acceptors (Lipinski definition) is 2. The van der Waals surface area contributed by atoms with Gasteiger partial charge < -0.3 is 19.5 Å². The van der Waals surface area contributed by atoms with Crippen molar-refractivity contribution < 1.29 is 4.74 Å². The molecule has 0 unspecified atom stereocenters. The lowest BCUT2D eigenvalue weighted by Gasteiger charge is -2.28. The van der Waals surface area contributed by atoms with Gasteiger partial charge in [0.1, 0.15) is 0 Å². The summed E-state index contributed by atoms with van der Waals surface area (Å²) in [6, 6.07) is 4.16. The van der Waals surface area contributed by atoms with Crippen LogP contribution >= 0.6 is 24.0 Å². The number of methoxy groups -OCH3 is 1. The van der Waals surface area contributed by atoms with Crippen molar-refractivity contribution in [2.75, 3.05) is 27.7 Å². The molecule has 5 nitrogen and oxygen atoms in total. The van der Waals surface area contributed by atoms with Crippen LogP contribution in [0.3, 0.4) is 0 Å². The van der Waals surface area contributed by atoms with E-state index in [1.807, 2.05) is 40.2 Å². The lowest BCUT2D eigenvalue weighted by Crippen LogP contribution is -2.45. The number of ether oxygens (including phenoxy) is 1. The van der Waals surface area contributed by atoms with Crippen LogP contribution in [-0.2, 0) is 18.3 Å². The molecule has 6 heteroatoms. The molecule has 1 aromatic rings. The number of guanidine groups is 1. The Balaban J connectivity index is 0.00000361. The summed E-state index contributed by atoms with van der Waals surface area (Å²) >= 11 is 0. The third-order valence-corrected chi connectivity index (χ3v) is 3.25. The second-order valence-electron chi connectivity index (χ2n) is 5.33. The highest BCUT2D eigenvalue weighted by Crippen LogP contribution is 2.06. The SMILES string of the molecule is CN=C(NCC(C)(C)OC)N(C)Cc1cccn1C.I. The van der Waals surface area contributed by atoms with Gasteiger partial charge in [-0.1, -0.05) is 0 Å². The molecule has 0 aliphatic heterocycles. The molecule has 0 aliphatic carbocycles. The van der Waals surface area contributed by atoms with E-state index in [2.05, 4.69) is 25.8 Å². The fourth-order valence-corrected chi connectivity index (χ4v) is 1.73. The van der Waals surface area contributed by atoms with E-state index in [4.69, 9.17) is 4.74 Å². The summed E-state index contributed by atoms with van der Waals surface area (Å²) in [4.78, 5) is 6.40. The van der Waals surface area contributed by atoms with E-state index in [0.29, 0.717) is 6.54 Å². The smallest absolute Gasteiger partial charge is 0.193 e. The van der Waals surface area contributed by atoms with Crippen LogP contribution < -0.4 is 5.32 Å². The third kappa shape index (κ3) is 5.70.